The van der Waals surface area contributed by atoms with Crippen LogP contribution in [0.4, 0.5) is 5.95 Å². The zero-order valence-electron chi connectivity index (χ0n) is 10.3. The molecule has 0 aliphatic carbocycles. The van der Waals surface area contributed by atoms with E-state index in [-0.39, 0.29) is 0 Å². The van der Waals surface area contributed by atoms with E-state index in [1.54, 1.807) is 12.4 Å². The first kappa shape index (κ1) is 11.0. The van der Waals surface area contributed by atoms with Crippen molar-refractivity contribution in [3.05, 3.63) is 47.8 Å². The molecule has 0 radical (unpaired) electrons. The summed E-state index contributed by atoms with van der Waals surface area (Å²) in [6, 6.07) is 8.19. The Balaban J connectivity index is 1.77. The van der Waals surface area contributed by atoms with Crippen LogP contribution in [0.15, 0.2) is 36.7 Å². The molecule has 0 amide bonds. The van der Waals surface area contributed by atoms with E-state index < -0.39 is 0 Å². The van der Waals surface area contributed by atoms with Crippen molar-refractivity contribution in [3.8, 4) is 5.75 Å². The summed E-state index contributed by atoms with van der Waals surface area (Å²) >= 11 is 0. The molecule has 0 saturated heterocycles. The lowest BCUT2D eigenvalue weighted by atomic mass is 10.1. The van der Waals surface area contributed by atoms with E-state index >= 15 is 0 Å². The third-order valence-electron chi connectivity index (χ3n) is 3.07. The van der Waals surface area contributed by atoms with Gasteiger partial charge in [-0.05, 0) is 23.3 Å². The minimum absolute atomic E-state index is 0.745. The average Bonchev–Trinajstić information content (AvgIpc) is 2.87. The van der Waals surface area contributed by atoms with Gasteiger partial charge in [-0.1, -0.05) is 12.1 Å². The van der Waals surface area contributed by atoms with E-state index in [0.29, 0.717) is 0 Å². The van der Waals surface area contributed by atoms with Gasteiger partial charge in [0.2, 0.25) is 5.95 Å². The Morgan fingerprint density at radius 3 is 2.94 bits per heavy atom. The molecule has 1 aliphatic rings. The maximum absolute atomic E-state index is 5.50. The number of rotatable bonds is 3. The molecule has 0 unspecified atom stereocenters. The first-order chi connectivity index (χ1) is 8.83. The minimum atomic E-state index is 0.745. The molecule has 4 nitrogen and oxygen atoms in total. The molecule has 92 valence electrons. The fourth-order valence-corrected chi connectivity index (χ4v) is 2.17. The predicted octanol–water partition coefficient (Wildman–Crippen LogP) is 2.05. The maximum Gasteiger partial charge on any atom is 0.225 e. The second kappa shape index (κ2) is 4.64. The fourth-order valence-electron chi connectivity index (χ4n) is 2.17. The summed E-state index contributed by atoms with van der Waals surface area (Å²) in [6.45, 7) is 1.60. The van der Waals surface area contributed by atoms with Crippen LogP contribution in [0, 0.1) is 0 Å². The van der Waals surface area contributed by atoms with Gasteiger partial charge in [-0.25, -0.2) is 9.97 Å². The molecule has 1 aromatic heterocycles. The van der Waals surface area contributed by atoms with E-state index in [1.165, 1.54) is 11.1 Å². The van der Waals surface area contributed by atoms with E-state index in [4.69, 9.17) is 4.74 Å². The summed E-state index contributed by atoms with van der Waals surface area (Å²) in [6.07, 6.45) is 4.53. The number of benzene rings is 1. The largest absolute Gasteiger partial charge is 0.493 e. The Kier molecular flexibility index (Phi) is 2.84. The monoisotopic (exact) mass is 241 g/mol. The maximum atomic E-state index is 5.50. The molecule has 4 heteroatoms. The quantitative estimate of drug-likeness (QED) is 0.824. The molecule has 0 saturated carbocycles. The fraction of sp³-hybridized carbons (Fsp3) is 0.286. The third-order valence-corrected chi connectivity index (χ3v) is 3.07. The SMILES string of the molecule is CN(Cc1ccc2c(c1)CCO2)c1ncccn1. The second-order valence-corrected chi connectivity index (χ2v) is 4.45. The van der Waals surface area contributed by atoms with Crippen LogP contribution in [0.3, 0.4) is 0 Å². The lowest BCUT2D eigenvalue weighted by Gasteiger charge is -2.16. The third kappa shape index (κ3) is 2.14. The van der Waals surface area contributed by atoms with Crippen LogP contribution < -0.4 is 9.64 Å². The van der Waals surface area contributed by atoms with E-state index in [0.717, 1.165) is 31.3 Å². The van der Waals surface area contributed by atoms with Crippen molar-refractivity contribution in [2.45, 2.75) is 13.0 Å². The summed E-state index contributed by atoms with van der Waals surface area (Å²) < 4.78 is 5.50. The van der Waals surface area contributed by atoms with Crippen LogP contribution in [0.2, 0.25) is 0 Å². The topological polar surface area (TPSA) is 38.2 Å². The molecule has 1 aromatic carbocycles. The Morgan fingerprint density at radius 1 is 1.28 bits per heavy atom. The van der Waals surface area contributed by atoms with Crippen LogP contribution >= 0.6 is 0 Å². The number of aromatic nitrogens is 2. The Morgan fingerprint density at radius 2 is 2.11 bits per heavy atom. The summed E-state index contributed by atoms with van der Waals surface area (Å²) in [5.74, 6) is 1.77. The number of fused-ring (bicyclic) bond motifs is 1. The molecule has 1 aliphatic heterocycles. The second-order valence-electron chi connectivity index (χ2n) is 4.45. The zero-order chi connectivity index (χ0) is 12.4. The van der Waals surface area contributed by atoms with Gasteiger partial charge in [0.05, 0.1) is 6.61 Å². The van der Waals surface area contributed by atoms with Crippen LogP contribution in [0.5, 0.6) is 5.75 Å². The number of hydrogen-bond donors (Lipinski definition) is 0. The van der Waals surface area contributed by atoms with Gasteiger partial charge < -0.3 is 9.64 Å². The molecule has 3 rings (SSSR count). The van der Waals surface area contributed by atoms with Crippen molar-refractivity contribution < 1.29 is 4.74 Å². The average molecular weight is 241 g/mol. The molecule has 2 aromatic rings. The number of ether oxygens (including phenoxy) is 1. The highest BCUT2D eigenvalue weighted by Crippen LogP contribution is 2.26. The highest BCUT2D eigenvalue weighted by atomic mass is 16.5. The molecule has 2 heterocycles. The van der Waals surface area contributed by atoms with Gasteiger partial charge in [-0.15, -0.1) is 0 Å². The standard InChI is InChI=1S/C14H15N3O/c1-17(14-15-6-2-7-16-14)10-11-3-4-13-12(9-11)5-8-18-13/h2-4,6-7,9H,5,8,10H2,1H3. The molecule has 0 N–H and O–H groups in total. The van der Waals surface area contributed by atoms with Crippen molar-refractivity contribution in [3.63, 3.8) is 0 Å². The molecular formula is C14H15N3O. The van der Waals surface area contributed by atoms with Crippen molar-refractivity contribution in [1.29, 1.82) is 0 Å². The van der Waals surface area contributed by atoms with Gasteiger partial charge >= 0.3 is 0 Å². The summed E-state index contributed by atoms with van der Waals surface area (Å²) in [4.78, 5) is 10.5. The molecule has 0 fully saturated rings. The minimum Gasteiger partial charge on any atom is -0.493 e. The van der Waals surface area contributed by atoms with E-state index in [9.17, 15) is 0 Å². The molecule has 0 bridgehead atoms. The van der Waals surface area contributed by atoms with Crippen molar-refractivity contribution in [2.75, 3.05) is 18.6 Å². The molecule has 0 atom stereocenters. The summed E-state index contributed by atoms with van der Waals surface area (Å²) in [7, 11) is 2.00. The van der Waals surface area contributed by atoms with Gasteiger partial charge in [0.1, 0.15) is 5.75 Å². The number of anilines is 1. The Hall–Kier alpha value is -2.10. The van der Waals surface area contributed by atoms with Crippen molar-refractivity contribution in [2.24, 2.45) is 0 Å². The molecule has 0 spiro atoms. The highest BCUT2D eigenvalue weighted by molar-refractivity contribution is 5.41. The summed E-state index contributed by atoms with van der Waals surface area (Å²) in [5.41, 5.74) is 2.56. The van der Waals surface area contributed by atoms with Crippen LogP contribution in [-0.4, -0.2) is 23.6 Å². The van der Waals surface area contributed by atoms with Gasteiger partial charge in [-0.2, -0.15) is 0 Å². The lowest BCUT2D eigenvalue weighted by Crippen LogP contribution is -2.18. The van der Waals surface area contributed by atoms with E-state index in [1.807, 2.05) is 18.0 Å². The lowest BCUT2D eigenvalue weighted by molar-refractivity contribution is 0.357. The molecular weight excluding hydrogens is 226 g/mol. The van der Waals surface area contributed by atoms with Gasteiger partial charge in [0.15, 0.2) is 0 Å². The Labute approximate surface area is 106 Å². The first-order valence-electron chi connectivity index (χ1n) is 6.06. The highest BCUT2D eigenvalue weighted by Gasteiger charge is 2.13. The smallest absolute Gasteiger partial charge is 0.225 e. The number of hydrogen-bond acceptors (Lipinski definition) is 4. The van der Waals surface area contributed by atoms with E-state index in [2.05, 4.69) is 28.2 Å². The normalized spacial score (nSPS) is 12.9. The van der Waals surface area contributed by atoms with Gasteiger partial charge in [-0.3, -0.25) is 0 Å². The Bertz CT molecular complexity index is 542. The van der Waals surface area contributed by atoms with Crippen molar-refractivity contribution >= 4 is 5.95 Å². The van der Waals surface area contributed by atoms with Gasteiger partial charge in [0.25, 0.3) is 0 Å². The predicted molar refractivity (Wildman–Crippen MR) is 69.8 cm³/mol. The van der Waals surface area contributed by atoms with Gasteiger partial charge in [0, 0.05) is 32.4 Å². The van der Waals surface area contributed by atoms with Crippen LogP contribution in [-0.2, 0) is 13.0 Å². The number of nitrogens with zero attached hydrogens (tertiary/aromatic N) is 3. The summed E-state index contributed by atoms with van der Waals surface area (Å²) in [5, 5.41) is 0. The van der Waals surface area contributed by atoms with Crippen LogP contribution in [0.25, 0.3) is 0 Å². The first-order valence-corrected chi connectivity index (χ1v) is 6.06. The van der Waals surface area contributed by atoms with Crippen LogP contribution in [0.1, 0.15) is 11.1 Å². The van der Waals surface area contributed by atoms with Crippen molar-refractivity contribution in [1.82, 2.24) is 9.97 Å². The zero-order valence-corrected chi connectivity index (χ0v) is 10.3. The molecule has 18 heavy (non-hydrogen) atoms.